The minimum absolute atomic E-state index is 0.0558. The lowest BCUT2D eigenvalue weighted by atomic mass is 10.2. The van der Waals surface area contributed by atoms with Crippen molar-refractivity contribution in [3.63, 3.8) is 0 Å². The van der Waals surface area contributed by atoms with Gasteiger partial charge in [0.15, 0.2) is 0 Å². The summed E-state index contributed by atoms with van der Waals surface area (Å²) in [5.74, 6) is 0.192. The molecule has 0 amide bonds. The first-order valence-electron chi connectivity index (χ1n) is 6.24. The maximum absolute atomic E-state index is 11.4. The second-order valence-corrected chi connectivity index (χ2v) is 6.94. The van der Waals surface area contributed by atoms with Crippen LogP contribution >= 0.6 is 10.7 Å². The molecule has 0 saturated heterocycles. The van der Waals surface area contributed by atoms with Crippen molar-refractivity contribution in [2.24, 2.45) is 0 Å². The van der Waals surface area contributed by atoms with Gasteiger partial charge in [0.25, 0.3) is 0 Å². The number of esters is 1. The molecule has 1 aromatic carbocycles. The van der Waals surface area contributed by atoms with Crippen molar-refractivity contribution in [2.45, 2.75) is 19.8 Å². The van der Waals surface area contributed by atoms with Gasteiger partial charge in [0.1, 0.15) is 5.75 Å². The van der Waals surface area contributed by atoms with E-state index in [0.717, 1.165) is 0 Å². The van der Waals surface area contributed by atoms with Gasteiger partial charge in [-0.3, -0.25) is 0 Å². The smallest absolute Gasteiger partial charge is 0.338 e. The van der Waals surface area contributed by atoms with Crippen molar-refractivity contribution in [3.05, 3.63) is 29.8 Å². The summed E-state index contributed by atoms with van der Waals surface area (Å²) in [4.78, 5) is 11.4. The highest BCUT2D eigenvalue weighted by Gasteiger charge is 2.06. The summed E-state index contributed by atoms with van der Waals surface area (Å²) in [6.45, 7) is 2.47. The molecule has 0 fully saturated rings. The summed E-state index contributed by atoms with van der Waals surface area (Å²) in [5, 5.41) is 0. The van der Waals surface area contributed by atoms with Crippen molar-refractivity contribution in [2.75, 3.05) is 19.0 Å². The molecule has 0 aliphatic rings. The molecule has 0 N–H and O–H groups in total. The van der Waals surface area contributed by atoms with Crippen LogP contribution in [-0.4, -0.2) is 33.4 Å². The van der Waals surface area contributed by atoms with Gasteiger partial charge in [-0.2, -0.15) is 0 Å². The van der Waals surface area contributed by atoms with Crippen LogP contribution in [0.1, 0.15) is 30.1 Å². The Morgan fingerprint density at radius 3 is 2.40 bits per heavy atom. The molecule has 5 nitrogen and oxygen atoms in total. The van der Waals surface area contributed by atoms with E-state index in [-0.39, 0.29) is 11.7 Å². The normalized spacial score (nSPS) is 11.1. The molecule has 0 aliphatic carbocycles. The second-order valence-electron chi connectivity index (χ2n) is 4.04. The number of ether oxygens (including phenoxy) is 2. The predicted octanol–water partition coefficient (Wildman–Crippen LogP) is 2.59. The largest absolute Gasteiger partial charge is 0.494 e. The summed E-state index contributed by atoms with van der Waals surface area (Å²) in [7, 11) is 1.66. The highest BCUT2D eigenvalue weighted by atomic mass is 35.7. The first-order valence-corrected chi connectivity index (χ1v) is 8.72. The zero-order valence-corrected chi connectivity index (χ0v) is 12.7. The lowest BCUT2D eigenvalue weighted by molar-refractivity contribution is 0.0526. The number of unbranched alkanes of at least 4 members (excludes halogenated alkanes) is 1. The highest BCUT2D eigenvalue weighted by molar-refractivity contribution is 8.13. The molecule has 0 bridgehead atoms. The van der Waals surface area contributed by atoms with Gasteiger partial charge in [0.05, 0.1) is 24.5 Å². The summed E-state index contributed by atoms with van der Waals surface area (Å²) >= 11 is 0. The molecule has 0 aliphatic heterocycles. The maximum Gasteiger partial charge on any atom is 0.338 e. The van der Waals surface area contributed by atoms with Crippen LogP contribution in [0.3, 0.4) is 0 Å². The van der Waals surface area contributed by atoms with E-state index in [0.29, 0.717) is 37.4 Å². The van der Waals surface area contributed by atoms with Crippen LogP contribution in [0.5, 0.6) is 5.75 Å². The molecule has 0 heterocycles. The van der Waals surface area contributed by atoms with Crippen molar-refractivity contribution >= 4 is 25.7 Å². The van der Waals surface area contributed by atoms with Gasteiger partial charge in [0, 0.05) is 10.7 Å². The Balaban J connectivity index is 2.33. The molecule has 0 saturated carbocycles. The Morgan fingerprint density at radius 1 is 1.20 bits per heavy atom. The Labute approximate surface area is 123 Å². The van der Waals surface area contributed by atoms with Gasteiger partial charge in [-0.05, 0) is 44.0 Å². The Hall–Kier alpha value is -1.27. The lowest BCUT2D eigenvalue weighted by Gasteiger charge is -2.06. The van der Waals surface area contributed by atoms with Crippen molar-refractivity contribution in [3.8, 4) is 5.75 Å². The molecule has 0 spiro atoms. The van der Waals surface area contributed by atoms with Gasteiger partial charge >= 0.3 is 5.97 Å². The Kier molecular flexibility index (Phi) is 6.81. The first-order chi connectivity index (χ1) is 9.42. The topological polar surface area (TPSA) is 69.7 Å². The fourth-order valence-corrected chi connectivity index (χ4v) is 2.34. The molecule has 0 radical (unpaired) electrons. The number of halogens is 1. The van der Waals surface area contributed by atoms with Crippen LogP contribution in [0, 0.1) is 0 Å². The third-order valence-corrected chi connectivity index (χ3v) is 3.66. The van der Waals surface area contributed by atoms with Crippen LogP contribution in [0.2, 0.25) is 0 Å². The van der Waals surface area contributed by atoms with E-state index in [4.69, 9.17) is 20.2 Å². The number of carbonyl (C=O) groups excluding carboxylic acids is 1. The van der Waals surface area contributed by atoms with Crippen LogP contribution in [-0.2, 0) is 13.8 Å². The zero-order valence-electron chi connectivity index (χ0n) is 11.2. The molecular weight excluding hydrogens is 304 g/mol. The minimum atomic E-state index is -3.42. The SMILES string of the molecule is CCOC(=O)c1ccc(OCCCCS(=O)(=O)Cl)cc1. The van der Waals surface area contributed by atoms with Crippen LogP contribution in [0.15, 0.2) is 24.3 Å². The van der Waals surface area contributed by atoms with Crippen molar-refractivity contribution < 1.29 is 22.7 Å². The quantitative estimate of drug-likeness (QED) is 0.418. The maximum atomic E-state index is 11.4. The van der Waals surface area contributed by atoms with Gasteiger partial charge in [-0.25, -0.2) is 13.2 Å². The highest BCUT2D eigenvalue weighted by Crippen LogP contribution is 2.13. The van der Waals surface area contributed by atoms with E-state index < -0.39 is 9.05 Å². The number of rotatable bonds is 8. The molecule has 1 aromatic rings. The summed E-state index contributed by atoms with van der Waals surface area (Å²) in [5.41, 5.74) is 0.465. The van der Waals surface area contributed by atoms with E-state index in [1.807, 2.05) is 0 Å². The Morgan fingerprint density at radius 2 is 1.85 bits per heavy atom. The van der Waals surface area contributed by atoms with E-state index >= 15 is 0 Å². The third kappa shape index (κ3) is 6.77. The fourth-order valence-electron chi connectivity index (χ4n) is 1.47. The van der Waals surface area contributed by atoms with Crippen molar-refractivity contribution in [1.82, 2.24) is 0 Å². The molecule has 0 atom stereocenters. The number of carbonyl (C=O) groups is 1. The summed E-state index contributed by atoms with van der Waals surface area (Å²) < 4.78 is 31.7. The van der Waals surface area contributed by atoms with Gasteiger partial charge in [-0.1, -0.05) is 0 Å². The van der Waals surface area contributed by atoms with Gasteiger partial charge < -0.3 is 9.47 Å². The zero-order chi connectivity index (χ0) is 15.0. The van der Waals surface area contributed by atoms with E-state index in [1.54, 1.807) is 31.2 Å². The lowest BCUT2D eigenvalue weighted by Crippen LogP contribution is -2.05. The fraction of sp³-hybridized carbons (Fsp3) is 0.462. The molecule has 1 rings (SSSR count). The number of hydrogen-bond donors (Lipinski definition) is 0. The minimum Gasteiger partial charge on any atom is -0.494 e. The standard InChI is InChI=1S/C13H17ClO5S/c1-2-18-13(15)11-5-7-12(8-6-11)19-9-3-4-10-20(14,16)17/h5-8H,2-4,9-10H2,1H3. The summed E-state index contributed by atoms with van der Waals surface area (Å²) in [6.07, 6.45) is 1.04. The third-order valence-electron chi connectivity index (χ3n) is 2.42. The average molecular weight is 321 g/mol. The van der Waals surface area contributed by atoms with E-state index in [9.17, 15) is 13.2 Å². The molecule has 0 aromatic heterocycles. The predicted molar refractivity (Wildman–Crippen MR) is 76.8 cm³/mol. The molecule has 112 valence electrons. The van der Waals surface area contributed by atoms with Crippen LogP contribution in [0.4, 0.5) is 0 Å². The number of hydrogen-bond acceptors (Lipinski definition) is 5. The molecule has 0 unspecified atom stereocenters. The average Bonchev–Trinajstić information content (AvgIpc) is 2.38. The second kappa shape index (κ2) is 8.11. The van der Waals surface area contributed by atoms with Gasteiger partial charge in [0.2, 0.25) is 9.05 Å². The van der Waals surface area contributed by atoms with E-state index in [1.165, 1.54) is 0 Å². The monoisotopic (exact) mass is 320 g/mol. The van der Waals surface area contributed by atoms with Crippen LogP contribution in [0.25, 0.3) is 0 Å². The van der Waals surface area contributed by atoms with Crippen LogP contribution < -0.4 is 4.74 Å². The van der Waals surface area contributed by atoms with E-state index in [2.05, 4.69) is 0 Å². The summed E-state index contributed by atoms with van der Waals surface area (Å²) in [6, 6.07) is 6.59. The molecule has 20 heavy (non-hydrogen) atoms. The Bertz CT molecular complexity index is 524. The molecular formula is C13H17ClO5S. The number of benzene rings is 1. The van der Waals surface area contributed by atoms with Crippen molar-refractivity contribution in [1.29, 1.82) is 0 Å². The van der Waals surface area contributed by atoms with Gasteiger partial charge in [-0.15, -0.1) is 0 Å². The first kappa shape index (κ1) is 16.8. The molecule has 7 heteroatoms.